The highest BCUT2D eigenvalue weighted by Gasteiger charge is 2.25. The van der Waals surface area contributed by atoms with Gasteiger partial charge in [-0.05, 0) is 31.5 Å². The van der Waals surface area contributed by atoms with Gasteiger partial charge in [-0.15, -0.1) is 0 Å². The van der Waals surface area contributed by atoms with E-state index < -0.39 is 11.6 Å². The summed E-state index contributed by atoms with van der Waals surface area (Å²) in [4.78, 5) is 0. The predicted molar refractivity (Wildman–Crippen MR) is 61.8 cm³/mol. The predicted octanol–water partition coefficient (Wildman–Crippen LogP) is 2.13. The van der Waals surface area contributed by atoms with Crippen molar-refractivity contribution in [2.75, 3.05) is 20.3 Å². The molecular formula is C13H17F2NO. The molecule has 1 aromatic carbocycles. The van der Waals surface area contributed by atoms with Crippen LogP contribution >= 0.6 is 0 Å². The Kier molecular flexibility index (Phi) is 4.07. The zero-order valence-corrected chi connectivity index (χ0v) is 9.88. The third kappa shape index (κ3) is 2.82. The van der Waals surface area contributed by atoms with E-state index in [1.54, 1.807) is 12.1 Å². The van der Waals surface area contributed by atoms with Crippen molar-refractivity contribution in [1.82, 2.24) is 5.32 Å². The van der Waals surface area contributed by atoms with E-state index in [-0.39, 0.29) is 5.92 Å². The summed E-state index contributed by atoms with van der Waals surface area (Å²) in [6.45, 7) is 1.33. The van der Waals surface area contributed by atoms with E-state index in [0.29, 0.717) is 24.6 Å². The summed E-state index contributed by atoms with van der Waals surface area (Å²) in [6, 6.07) is 4.64. The number of hydrogen-bond acceptors (Lipinski definition) is 2. The van der Waals surface area contributed by atoms with Crippen molar-refractivity contribution in [3.05, 3.63) is 35.4 Å². The fourth-order valence-electron chi connectivity index (χ4n) is 2.37. The van der Waals surface area contributed by atoms with Gasteiger partial charge in [-0.3, -0.25) is 0 Å². The first-order valence-electron chi connectivity index (χ1n) is 5.90. The van der Waals surface area contributed by atoms with Crippen LogP contribution in [0.1, 0.15) is 12.0 Å². The lowest BCUT2D eigenvalue weighted by Crippen LogP contribution is -2.42. The molecule has 1 aliphatic rings. The molecule has 94 valence electrons. The molecule has 0 radical (unpaired) electrons. The van der Waals surface area contributed by atoms with Gasteiger partial charge in [0.2, 0.25) is 0 Å². The summed E-state index contributed by atoms with van der Waals surface area (Å²) in [5.41, 5.74) is 0.431. The maximum Gasteiger partial charge on any atom is 0.162 e. The minimum absolute atomic E-state index is 0.199. The Hall–Kier alpha value is -1.00. The molecule has 17 heavy (non-hydrogen) atoms. The van der Waals surface area contributed by atoms with Crippen LogP contribution in [0.5, 0.6) is 0 Å². The fourth-order valence-corrected chi connectivity index (χ4v) is 2.37. The van der Waals surface area contributed by atoms with Crippen LogP contribution < -0.4 is 5.32 Å². The second kappa shape index (κ2) is 5.56. The summed E-state index contributed by atoms with van der Waals surface area (Å²) in [5.74, 6) is -1.31. The molecule has 2 atom stereocenters. The Labute approximate surface area is 100.0 Å². The maximum atomic E-state index is 13.6. The zero-order valence-electron chi connectivity index (χ0n) is 9.88. The summed E-state index contributed by atoms with van der Waals surface area (Å²) in [7, 11) is 1.89. The van der Waals surface area contributed by atoms with Gasteiger partial charge in [0.25, 0.3) is 0 Å². The van der Waals surface area contributed by atoms with Gasteiger partial charge in [0.1, 0.15) is 0 Å². The Bertz CT molecular complexity index is 384. The molecule has 1 heterocycles. The van der Waals surface area contributed by atoms with E-state index >= 15 is 0 Å². The third-order valence-electron chi connectivity index (χ3n) is 3.36. The third-order valence-corrected chi connectivity index (χ3v) is 3.36. The van der Waals surface area contributed by atoms with E-state index in [1.807, 2.05) is 7.05 Å². The van der Waals surface area contributed by atoms with Crippen molar-refractivity contribution >= 4 is 0 Å². The van der Waals surface area contributed by atoms with Crippen molar-refractivity contribution in [3.8, 4) is 0 Å². The molecule has 1 fully saturated rings. The number of halogens is 2. The van der Waals surface area contributed by atoms with Crippen molar-refractivity contribution in [2.45, 2.75) is 18.9 Å². The van der Waals surface area contributed by atoms with Gasteiger partial charge < -0.3 is 10.1 Å². The van der Waals surface area contributed by atoms with Gasteiger partial charge in [0, 0.05) is 18.6 Å². The van der Waals surface area contributed by atoms with Crippen LogP contribution in [-0.2, 0) is 11.2 Å². The number of nitrogens with one attached hydrogen (secondary N) is 1. The zero-order chi connectivity index (χ0) is 12.3. The standard InChI is InChI=1S/C13H17F2NO/c1-16-12-5-6-17-8-10(12)7-9-3-2-4-11(14)13(9)15/h2-4,10,12,16H,5-8H2,1H3. The van der Waals surface area contributed by atoms with Crippen LogP contribution in [0.25, 0.3) is 0 Å². The molecule has 0 aromatic heterocycles. The Morgan fingerprint density at radius 2 is 2.24 bits per heavy atom. The van der Waals surface area contributed by atoms with Gasteiger partial charge in [-0.1, -0.05) is 12.1 Å². The monoisotopic (exact) mass is 241 g/mol. The molecule has 2 unspecified atom stereocenters. The number of ether oxygens (including phenoxy) is 1. The lowest BCUT2D eigenvalue weighted by atomic mass is 9.89. The quantitative estimate of drug-likeness (QED) is 0.875. The van der Waals surface area contributed by atoms with Crippen LogP contribution in [0.15, 0.2) is 18.2 Å². The van der Waals surface area contributed by atoms with Gasteiger partial charge >= 0.3 is 0 Å². The Balaban J connectivity index is 2.11. The van der Waals surface area contributed by atoms with Crippen molar-refractivity contribution in [2.24, 2.45) is 5.92 Å². The van der Waals surface area contributed by atoms with E-state index in [2.05, 4.69) is 5.32 Å². The van der Waals surface area contributed by atoms with Crippen LogP contribution in [-0.4, -0.2) is 26.3 Å². The van der Waals surface area contributed by atoms with Crippen LogP contribution in [0.4, 0.5) is 8.78 Å². The van der Waals surface area contributed by atoms with E-state index in [4.69, 9.17) is 4.74 Å². The Morgan fingerprint density at radius 1 is 1.41 bits per heavy atom. The molecule has 0 aliphatic carbocycles. The molecule has 2 rings (SSSR count). The largest absolute Gasteiger partial charge is 0.381 e. The van der Waals surface area contributed by atoms with E-state index in [9.17, 15) is 8.78 Å². The first-order chi connectivity index (χ1) is 8.22. The molecule has 0 amide bonds. The fraction of sp³-hybridized carbons (Fsp3) is 0.538. The maximum absolute atomic E-state index is 13.6. The molecule has 1 aliphatic heterocycles. The highest BCUT2D eigenvalue weighted by Crippen LogP contribution is 2.22. The average molecular weight is 241 g/mol. The van der Waals surface area contributed by atoms with Crippen LogP contribution in [0.3, 0.4) is 0 Å². The Morgan fingerprint density at radius 3 is 3.00 bits per heavy atom. The molecule has 1 N–H and O–H groups in total. The first-order valence-corrected chi connectivity index (χ1v) is 5.90. The first kappa shape index (κ1) is 12.5. The molecule has 4 heteroatoms. The number of hydrogen-bond donors (Lipinski definition) is 1. The molecule has 1 saturated heterocycles. The summed E-state index contributed by atoms with van der Waals surface area (Å²) < 4.78 is 32.0. The van der Waals surface area contributed by atoms with Crippen LogP contribution in [0, 0.1) is 17.6 Å². The van der Waals surface area contributed by atoms with Crippen molar-refractivity contribution in [3.63, 3.8) is 0 Å². The average Bonchev–Trinajstić information content (AvgIpc) is 2.35. The van der Waals surface area contributed by atoms with Gasteiger partial charge in [0.15, 0.2) is 11.6 Å². The van der Waals surface area contributed by atoms with Crippen LogP contribution in [0.2, 0.25) is 0 Å². The lowest BCUT2D eigenvalue weighted by molar-refractivity contribution is 0.0339. The number of benzene rings is 1. The summed E-state index contributed by atoms with van der Waals surface area (Å²) >= 11 is 0. The molecule has 2 nitrogen and oxygen atoms in total. The molecular weight excluding hydrogens is 224 g/mol. The van der Waals surface area contributed by atoms with Gasteiger partial charge in [-0.2, -0.15) is 0 Å². The van der Waals surface area contributed by atoms with E-state index in [1.165, 1.54) is 0 Å². The minimum atomic E-state index is -0.778. The lowest BCUT2D eigenvalue weighted by Gasteiger charge is -2.31. The smallest absolute Gasteiger partial charge is 0.162 e. The second-order valence-corrected chi connectivity index (χ2v) is 4.44. The molecule has 0 saturated carbocycles. The van der Waals surface area contributed by atoms with Crippen molar-refractivity contribution < 1.29 is 13.5 Å². The topological polar surface area (TPSA) is 21.3 Å². The number of rotatable bonds is 3. The molecule has 0 spiro atoms. The van der Waals surface area contributed by atoms with Gasteiger partial charge in [0.05, 0.1) is 6.61 Å². The highest BCUT2D eigenvalue weighted by molar-refractivity contribution is 5.20. The highest BCUT2D eigenvalue weighted by atomic mass is 19.2. The molecule has 1 aromatic rings. The van der Waals surface area contributed by atoms with E-state index in [0.717, 1.165) is 19.1 Å². The summed E-state index contributed by atoms with van der Waals surface area (Å²) in [5, 5.41) is 3.21. The summed E-state index contributed by atoms with van der Waals surface area (Å²) in [6.07, 6.45) is 1.42. The second-order valence-electron chi connectivity index (χ2n) is 4.44. The van der Waals surface area contributed by atoms with Gasteiger partial charge in [-0.25, -0.2) is 8.78 Å². The molecule has 0 bridgehead atoms. The van der Waals surface area contributed by atoms with Crippen molar-refractivity contribution in [1.29, 1.82) is 0 Å². The minimum Gasteiger partial charge on any atom is -0.381 e. The SMILES string of the molecule is CNC1CCOCC1Cc1cccc(F)c1F. The normalized spacial score (nSPS) is 24.9.